The Kier molecular flexibility index (Phi) is 11.4. The normalized spacial score (nSPS) is 11.8. The average Bonchev–Trinajstić information content (AvgIpc) is 2.60. The molecule has 24 heavy (non-hydrogen) atoms. The first-order chi connectivity index (χ1) is 11.7. The van der Waals surface area contributed by atoms with E-state index >= 15 is 0 Å². The Balaban J connectivity index is 2.38. The molecule has 2 N–H and O–H groups in total. The van der Waals surface area contributed by atoms with E-state index in [9.17, 15) is 0 Å². The van der Waals surface area contributed by atoms with Crippen LogP contribution in [-0.4, -0.2) is 64.1 Å². The maximum absolute atomic E-state index is 5.08. The second-order valence-electron chi connectivity index (χ2n) is 5.62. The minimum Gasteiger partial charge on any atom is -0.385 e. The molecule has 0 aliphatic rings. The smallest absolute Gasteiger partial charge is 0.191 e. The van der Waals surface area contributed by atoms with E-state index in [4.69, 9.17) is 4.74 Å². The van der Waals surface area contributed by atoms with Gasteiger partial charge >= 0.3 is 0 Å². The average molecular weight is 353 g/mol. The van der Waals surface area contributed by atoms with E-state index in [0.29, 0.717) is 6.54 Å². The maximum atomic E-state index is 5.08. The largest absolute Gasteiger partial charge is 0.385 e. The van der Waals surface area contributed by atoms with Gasteiger partial charge in [0.25, 0.3) is 0 Å². The van der Waals surface area contributed by atoms with Crippen LogP contribution in [-0.2, 0) is 11.3 Å². The number of ether oxygens (including phenoxy) is 1. The fourth-order valence-electron chi connectivity index (χ4n) is 2.20. The highest BCUT2D eigenvalue weighted by Gasteiger charge is 2.01. The Bertz CT molecular complexity index is 465. The summed E-state index contributed by atoms with van der Waals surface area (Å²) in [7, 11) is 3.88. The van der Waals surface area contributed by atoms with Crippen LogP contribution < -0.4 is 10.6 Å². The number of thioether (sulfide) groups is 1. The third-order valence-corrected chi connectivity index (χ3v) is 4.34. The predicted molar refractivity (Wildman–Crippen MR) is 105 cm³/mol. The zero-order chi connectivity index (χ0) is 17.6. The van der Waals surface area contributed by atoms with Crippen LogP contribution in [0.25, 0.3) is 0 Å². The minimum atomic E-state index is 0.688. The molecular formula is C18H32N4OS. The number of guanidine groups is 1. The quantitative estimate of drug-likeness (QED) is 0.277. The molecule has 1 aromatic rings. The lowest BCUT2D eigenvalue weighted by atomic mass is 10.2. The van der Waals surface area contributed by atoms with Gasteiger partial charge in [0.05, 0.1) is 6.54 Å². The van der Waals surface area contributed by atoms with E-state index in [1.807, 2.05) is 0 Å². The van der Waals surface area contributed by atoms with Gasteiger partial charge in [-0.2, -0.15) is 0 Å². The Morgan fingerprint density at radius 3 is 2.58 bits per heavy atom. The topological polar surface area (TPSA) is 48.9 Å². The number of rotatable bonds is 11. The van der Waals surface area contributed by atoms with E-state index < -0.39 is 0 Å². The van der Waals surface area contributed by atoms with E-state index in [-0.39, 0.29) is 0 Å². The highest BCUT2D eigenvalue weighted by Crippen LogP contribution is 2.15. The van der Waals surface area contributed by atoms with E-state index in [1.165, 1.54) is 10.5 Å². The number of aliphatic imine (C=N–C) groups is 1. The van der Waals surface area contributed by atoms with Crippen molar-refractivity contribution >= 4 is 17.7 Å². The van der Waals surface area contributed by atoms with Gasteiger partial charge in [-0.05, 0) is 44.3 Å². The summed E-state index contributed by atoms with van der Waals surface area (Å²) in [4.78, 5) is 8.24. The van der Waals surface area contributed by atoms with Crippen molar-refractivity contribution in [3.8, 4) is 0 Å². The molecule has 0 aliphatic carbocycles. The zero-order valence-electron chi connectivity index (χ0n) is 15.5. The minimum absolute atomic E-state index is 0.688. The maximum Gasteiger partial charge on any atom is 0.191 e. The van der Waals surface area contributed by atoms with Gasteiger partial charge in [-0.1, -0.05) is 12.1 Å². The predicted octanol–water partition coefficient (Wildman–Crippen LogP) is 2.43. The van der Waals surface area contributed by atoms with Gasteiger partial charge in [0.2, 0.25) is 0 Å². The molecule has 0 spiro atoms. The van der Waals surface area contributed by atoms with Crippen molar-refractivity contribution in [3.63, 3.8) is 0 Å². The third kappa shape index (κ3) is 9.15. The Hall–Kier alpha value is -1.24. The highest BCUT2D eigenvalue weighted by atomic mass is 32.2. The van der Waals surface area contributed by atoms with Crippen molar-refractivity contribution < 1.29 is 4.74 Å². The van der Waals surface area contributed by atoms with Crippen LogP contribution in [0, 0.1) is 0 Å². The summed E-state index contributed by atoms with van der Waals surface area (Å²) in [5.74, 6) is 0.872. The molecule has 0 atom stereocenters. The standard InChI is InChI=1S/C18H32N4OS/c1-5-19-18(20-11-13-22(2)12-6-14-23-3)21-15-16-7-9-17(24-4)10-8-16/h7-10H,5-6,11-15H2,1-4H3,(H2,19,20,21). The van der Waals surface area contributed by atoms with Gasteiger partial charge in [-0.15, -0.1) is 11.8 Å². The molecule has 0 saturated carbocycles. The van der Waals surface area contributed by atoms with Crippen molar-refractivity contribution in [2.45, 2.75) is 24.8 Å². The lowest BCUT2D eigenvalue weighted by molar-refractivity contribution is 0.180. The fourth-order valence-corrected chi connectivity index (χ4v) is 2.61. The van der Waals surface area contributed by atoms with Crippen molar-refractivity contribution in [1.29, 1.82) is 0 Å². The summed E-state index contributed by atoms with van der Waals surface area (Å²) in [5.41, 5.74) is 1.22. The Labute approximate surface area is 151 Å². The number of nitrogens with zero attached hydrogens (tertiary/aromatic N) is 2. The van der Waals surface area contributed by atoms with Crippen molar-refractivity contribution in [3.05, 3.63) is 29.8 Å². The highest BCUT2D eigenvalue weighted by molar-refractivity contribution is 7.98. The van der Waals surface area contributed by atoms with E-state index in [1.54, 1.807) is 18.9 Å². The Morgan fingerprint density at radius 2 is 1.96 bits per heavy atom. The summed E-state index contributed by atoms with van der Waals surface area (Å²) in [6, 6.07) is 8.57. The number of benzene rings is 1. The molecule has 0 radical (unpaired) electrons. The molecule has 0 fully saturated rings. The van der Waals surface area contributed by atoms with Crippen molar-refractivity contribution in [2.75, 3.05) is 53.2 Å². The number of nitrogens with one attached hydrogen (secondary N) is 2. The molecule has 0 aliphatic heterocycles. The third-order valence-electron chi connectivity index (χ3n) is 3.60. The van der Waals surface area contributed by atoms with Crippen LogP contribution in [0.2, 0.25) is 0 Å². The molecule has 5 nitrogen and oxygen atoms in total. The molecular weight excluding hydrogens is 320 g/mol. The first-order valence-electron chi connectivity index (χ1n) is 8.52. The van der Waals surface area contributed by atoms with Gasteiger partial charge in [-0.3, -0.25) is 0 Å². The molecule has 6 heteroatoms. The fraction of sp³-hybridized carbons (Fsp3) is 0.611. The number of hydrogen-bond acceptors (Lipinski definition) is 4. The number of likely N-dealkylation sites (N-methyl/N-ethyl adjacent to an activating group) is 1. The number of methoxy groups -OCH3 is 1. The summed E-state index contributed by atoms with van der Waals surface area (Å²) >= 11 is 1.76. The molecule has 136 valence electrons. The second kappa shape index (κ2) is 13.1. The Morgan fingerprint density at radius 1 is 1.21 bits per heavy atom. The second-order valence-corrected chi connectivity index (χ2v) is 6.50. The molecule has 1 rings (SSSR count). The van der Waals surface area contributed by atoms with Gasteiger partial charge in [0.1, 0.15) is 0 Å². The van der Waals surface area contributed by atoms with Crippen LogP contribution in [0.4, 0.5) is 0 Å². The van der Waals surface area contributed by atoms with Gasteiger partial charge < -0.3 is 20.3 Å². The SMILES string of the molecule is CCNC(=NCc1ccc(SC)cc1)NCCN(C)CCCOC. The van der Waals surface area contributed by atoms with Crippen LogP contribution in [0.15, 0.2) is 34.2 Å². The molecule has 0 unspecified atom stereocenters. The molecule has 1 aromatic carbocycles. The van der Waals surface area contributed by atoms with Crippen molar-refractivity contribution in [2.24, 2.45) is 4.99 Å². The van der Waals surface area contributed by atoms with E-state index in [0.717, 1.165) is 45.2 Å². The lowest BCUT2D eigenvalue weighted by Gasteiger charge is -2.18. The monoisotopic (exact) mass is 352 g/mol. The summed E-state index contributed by atoms with van der Waals surface area (Å²) in [6.45, 7) is 7.36. The van der Waals surface area contributed by atoms with E-state index in [2.05, 4.69) is 65.0 Å². The lowest BCUT2D eigenvalue weighted by Crippen LogP contribution is -2.41. The summed E-state index contributed by atoms with van der Waals surface area (Å²) < 4.78 is 5.08. The van der Waals surface area contributed by atoms with Gasteiger partial charge in [0, 0.05) is 44.8 Å². The summed E-state index contributed by atoms with van der Waals surface area (Å²) in [5, 5.41) is 6.69. The zero-order valence-corrected chi connectivity index (χ0v) is 16.3. The first kappa shape index (κ1) is 20.8. The molecule has 0 heterocycles. The van der Waals surface area contributed by atoms with Crippen LogP contribution in [0.1, 0.15) is 18.9 Å². The van der Waals surface area contributed by atoms with Crippen LogP contribution in [0.3, 0.4) is 0 Å². The number of hydrogen-bond donors (Lipinski definition) is 2. The molecule has 0 saturated heterocycles. The first-order valence-corrected chi connectivity index (χ1v) is 9.74. The van der Waals surface area contributed by atoms with Gasteiger partial charge in [-0.25, -0.2) is 4.99 Å². The molecule has 0 aromatic heterocycles. The van der Waals surface area contributed by atoms with Crippen LogP contribution >= 0.6 is 11.8 Å². The summed E-state index contributed by atoms with van der Waals surface area (Å²) in [6.07, 6.45) is 3.15. The van der Waals surface area contributed by atoms with Crippen LogP contribution in [0.5, 0.6) is 0 Å². The molecule has 0 amide bonds. The van der Waals surface area contributed by atoms with Crippen molar-refractivity contribution in [1.82, 2.24) is 15.5 Å². The molecule has 0 bridgehead atoms. The van der Waals surface area contributed by atoms with Gasteiger partial charge in [0.15, 0.2) is 5.96 Å².